The van der Waals surface area contributed by atoms with Crippen LogP contribution < -0.4 is 16.0 Å². The van der Waals surface area contributed by atoms with Crippen LogP contribution >= 0.6 is 0 Å². The van der Waals surface area contributed by atoms with Crippen molar-refractivity contribution in [3.63, 3.8) is 0 Å². The second-order valence-corrected chi connectivity index (χ2v) is 16.6. The molecule has 2 aliphatic heterocycles. The zero-order valence-corrected chi connectivity index (χ0v) is 33.4. The molecule has 5 N–H and O–H groups in total. The van der Waals surface area contributed by atoms with Gasteiger partial charge in [0.2, 0.25) is 29.5 Å². The second-order valence-electron chi connectivity index (χ2n) is 16.6. The van der Waals surface area contributed by atoms with Gasteiger partial charge in [0.05, 0.1) is 24.5 Å². The Morgan fingerprint density at radius 3 is 1.96 bits per heavy atom. The number of likely N-dealkylation sites (tertiary alicyclic amines) is 2. The van der Waals surface area contributed by atoms with Crippen LogP contribution in [0.4, 0.5) is 0 Å². The molecule has 5 amide bonds. The van der Waals surface area contributed by atoms with Crippen molar-refractivity contribution in [1.82, 2.24) is 25.8 Å². The SMILES string of the molecule is CCCNC(=O)[C@@H](NC(=O)[C@@H]1CCCN1C(=O)[C@H](CC(=O)O)C(C)C(=O)[C@@H]1CCCCN1C(=O)[C@@H](NC(=O)CCC1CCCCC1)C1CCCCC1)[C@@H](C)O. The molecule has 2 heterocycles. The molecule has 0 bridgehead atoms. The van der Waals surface area contributed by atoms with Crippen LogP contribution in [0.5, 0.6) is 0 Å². The number of amides is 5. The summed E-state index contributed by atoms with van der Waals surface area (Å²) in [5.74, 6) is -5.85. The number of piperidine rings is 1. The van der Waals surface area contributed by atoms with Crippen LogP contribution in [0.3, 0.4) is 0 Å². The highest BCUT2D eigenvalue weighted by molar-refractivity contribution is 5.98. The van der Waals surface area contributed by atoms with E-state index < -0.39 is 78.0 Å². The molecule has 2 aliphatic carbocycles. The lowest BCUT2D eigenvalue weighted by Gasteiger charge is -2.41. The van der Waals surface area contributed by atoms with Crippen LogP contribution in [0.2, 0.25) is 0 Å². The zero-order valence-electron chi connectivity index (χ0n) is 33.4. The number of carboxylic acids is 1. The summed E-state index contributed by atoms with van der Waals surface area (Å²) in [4.78, 5) is 97.8. The number of nitrogens with one attached hydrogen (secondary N) is 3. The number of nitrogens with zero attached hydrogens (tertiary/aromatic N) is 2. The Hall–Kier alpha value is -3.55. The number of hydrogen-bond donors (Lipinski definition) is 5. The molecule has 0 aromatic carbocycles. The standard InChI is InChI=1S/C41H67N5O9/c1-4-22-42-39(53)35(27(3)47)44-38(52)32-19-13-24-46(32)40(54)30(25-34(49)50)26(2)37(51)31-18-11-12-23-45(31)41(55)36(29-16-9-6-10-17-29)43-33(48)21-20-28-14-7-5-8-15-28/h26-32,35-36,47H,4-25H2,1-3H3,(H,42,53)(H,43,48)(H,44,52)(H,49,50)/t26?,27-,30-,31+,32+,35+,36+/m1/s1. The Morgan fingerprint density at radius 2 is 1.33 bits per heavy atom. The van der Waals surface area contributed by atoms with Crippen molar-refractivity contribution in [2.45, 2.75) is 173 Å². The van der Waals surface area contributed by atoms with Crippen molar-refractivity contribution < 1.29 is 43.8 Å². The lowest BCUT2D eigenvalue weighted by molar-refractivity contribution is -0.153. The van der Waals surface area contributed by atoms with E-state index in [9.17, 15) is 43.8 Å². The minimum Gasteiger partial charge on any atom is -0.481 e. The van der Waals surface area contributed by atoms with E-state index >= 15 is 0 Å². The monoisotopic (exact) mass is 773 g/mol. The van der Waals surface area contributed by atoms with Gasteiger partial charge in [0.25, 0.3) is 0 Å². The molecule has 14 heteroatoms. The van der Waals surface area contributed by atoms with E-state index in [1.54, 1.807) is 4.90 Å². The number of aliphatic carboxylic acids is 1. The molecule has 0 spiro atoms. The van der Waals surface area contributed by atoms with E-state index in [0.717, 1.165) is 51.4 Å². The average molecular weight is 774 g/mol. The summed E-state index contributed by atoms with van der Waals surface area (Å²) >= 11 is 0. The number of Topliss-reactive ketones (excluding diaryl/α,β-unsaturated/α-hetero) is 1. The van der Waals surface area contributed by atoms with Gasteiger partial charge in [-0.05, 0) is 76.5 Å². The van der Waals surface area contributed by atoms with Crippen molar-refractivity contribution in [3.05, 3.63) is 0 Å². The van der Waals surface area contributed by atoms with Crippen molar-refractivity contribution in [2.75, 3.05) is 19.6 Å². The highest BCUT2D eigenvalue weighted by atomic mass is 16.4. The molecular formula is C41H67N5O9. The molecule has 7 atom stereocenters. The van der Waals surface area contributed by atoms with Gasteiger partial charge < -0.3 is 36.0 Å². The molecule has 2 saturated carbocycles. The lowest BCUT2D eigenvalue weighted by atomic mass is 9.80. The Kier molecular flexibility index (Phi) is 17.4. The third-order valence-electron chi connectivity index (χ3n) is 12.5. The number of carbonyl (C=O) groups excluding carboxylic acids is 6. The fourth-order valence-corrected chi connectivity index (χ4v) is 9.27. The first-order valence-corrected chi connectivity index (χ1v) is 21.3. The van der Waals surface area contributed by atoms with Crippen LogP contribution in [-0.4, -0.2) is 111 Å². The highest BCUT2D eigenvalue weighted by Crippen LogP contribution is 2.33. The molecule has 2 saturated heterocycles. The number of carboxylic acid groups (broad SMARTS) is 1. The molecule has 55 heavy (non-hydrogen) atoms. The summed E-state index contributed by atoms with van der Waals surface area (Å²) in [5.41, 5.74) is 0. The quantitative estimate of drug-likeness (QED) is 0.138. The van der Waals surface area contributed by atoms with Gasteiger partial charge in [-0.15, -0.1) is 0 Å². The topological polar surface area (TPSA) is 203 Å². The maximum atomic E-state index is 14.5. The minimum absolute atomic E-state index is 0.0410. The summed E-state index contributed by atoms with van der Waals surface area (Å²) in [6.07, 6.45) is 12.9. The lowest BCUT2D eigenvalue weighted by Crippen LogP contribution is -2.59. The first-order chi connectivity index (χ1) is 26.3. The van der Waals surface area contributed by atoms with Gasteiger partial charge in [-0.1, -0.05) is 65.2 Å². The van der Waals surface area contributed by atoms with Crippen LogP contribution in [0.1, 0.15) is 143 Å². The minimum atomic E-state index is -1.30. The third-order valence-corrected chi connectivity index (χ3v) is 12.5. The maximum Gasteiger partial charge on any atom is 0.304 e. The van der Waals surface area contributed by atoms with Gasteiger partial charge in [0, 0.05) is 32.0 Å². The van der Waals surface area contributed by atoms with Gasteiger partial charge in [-0.2, -0.15) is 0 Å². The Balaban J connectivity index is 1.50. The Morgan fingerprint density at radius 1 is 0.727 bits per heavy atom. The molecular weight excluding hydrogens is 706 g/mol. The number of aliphatic hydroxyl groups is 1. The predicted molar refractivity (Wildman–Crippen MR) is 205 cm³/mol. The smallest absolute Gasteiger partial charge is 0.304 e. The van der Waals surface area contributed by atoms with E-state index in [1.807, 2.05) is 6.92 Å². The molecule has 14 nitrogen and oxygen atoms in total. The van der Waals surface area contributed by atoms with E-state index in [1.165, 1.54) is 38.0 Å². The fraction of sp³-hybridized carbons (Fsp3) is 0.829. The highest BCUT2D eigenvalue weighted by Gasteiger charge is 2.46. The first-order valence-electron chi connectivity index (χ1n) is 21.3. The summed E-state index contributed by atoms with van der Waals surface area (Å²) in [5, 5.41) is 28.6. The van der Waals surface area contributed by atoms with Gasteiger partial charge in [-0.3, -0.25) is 33.6 Å². The fourth-order valence-electron chi connectivity index (χ4n) is 9.27. The third kappa shape index (κ3) is 12.2. The molecule has 4 aliphatic rings. The predicted octanol–water partition coefficient (Wildman–Crippen LogP) is 3.47. The van der Waals surface area contributed by atoms with E-state index in [2.05, 4.69) is 16.0 Å². The van der Waals surface area contributed by atoms with E-state index in [0.29, 0.717) is 57.5 Å². The second kappa shape index (κ2) is 21.7. The van der Waals surface area contributed by atoms with Crippen molar-refractivity contribution in [3.8, 4) is 0 Å². The first kappa shape index (κ1) is 44.2. The zero-order chi connectivity index (χ0) is 40.1. The van der Waals surface area contributed by atoms with Gasteiger partial charge >= 0.3 is 5.97 Å². The molecule has 0 aromatic rings. The Labute approximate surface area is 326 Å². The summed E-state index contributed by atoms with van der Waals surface area (Å²) in [6, 6.07) is -3.90. The van der Waals surface area contributed by atoms with Crippen LogP contribution in [-0.2, 0) is 33.6 Å². The van der Waals surface area contributed by atoms with E-state index in [4.69, 9.17) is 0 Å². The van der Waals surface area contributed by atoms with Crippen molar-refractivity contribution in [1.29, 1.82) is 0 Å². The maximum absolute atomic E-state index is 14.5. The molecule has 310 valence electrons. The molecule has 1 unspecified atom stereocenters. The van der Waals surface area contributed by atoms with Gasteiger partial charge in [-0.25, -0.2) is 0 Å². The number of carbonyl (C=O) groups is 7. The number of aliphatic hydroxyl groups excluding tert-OH is 1. The summed E-state index contributed by atoms with van der Waals surface area (Å²) in [6.45, 7) is 5.62. The normalized spacial score (nSPS) is 23.9. The Bertz CT molecular complexity index is 1340. The largest absolute Gasteiger partial charge is 0.481 e. The number of ketones is 1. The summed E-state index contributed by atoms with van der Waals surface area (Å²) < 4.78 is 0. The number of hydrogen-bond acceptors (Lipinski definition) is 8. The molecule has 0 radical (unpaired) electrons. The van der Waals surface area contributed by atoms with Gasteiger partial charge in [0.15, 0.2) is 5.78 Å². The van der Waals surface area contributed by atoms with Crippen LogP contribution in [0, 0.1) is 23.7 Å². The van der Waals surface area contributed by atoms with E-state index in [-0.39, 0.29) is 30.7 Å². The van der Waals surface area contributed by atoms with Crippen molar-refractivity contribution >= 4 is 41.3 Å². The molecule has 4 rings (SSSR count). The molecule has 0 aromatic heterocycles. The van der Waals surface area contributed by atoms with Crippen molar-refractivity contribution in [2.24, 2.45) is 23.7 Å². The molecule has 4 fully saturated rings. The van der Waals surface area contributed by atoms with Crippen LogP contribution in [0.25, 0.3) is 0 Å². The summed E-state index contributed by atoms with van der Waals surface area (Å²) in [7, 11) is 0. The number of rotatable bonds is 18. The van der Waals surface area contributed by atoms with Crippen LogP contribution in [0.15, 0.2) is 0 Å². The average Bonchev–Trinajstić information content (AvgIpc) is 3.69. The van der Waals surface area contributed by atoms with Gasteiger partial charge in [0.1, 0.15) is 18.1 Å².